The predicted molar refractivity (Wildman–Crippen MR) is 189 cm³/mol. The molecular weight excluding hydrogens is 690 g/mol. The minimum atomic E-state index is -0.878. The van der Waals surface area contributed by atoms with Gasteiger partial charge >= 0.3 is 5.97 Å². The molecule has 0 saturated carbocycles. The average Bonchev–Trinajstić information content (AvgIpc) is 3.15. The maximum absolute atomic E-state index is 10.3. The molecule has 0 aliphatic heterocycles. The number of aliphatic carboxylic acids is 1. The van der Waals surface area contributed by atoms with Gasteiger partial charge in [0.05, 0.1) is 178 Å². The van der Waals surface area contributed by atoms with E-state index < -0.39 is 5.97 Å². The summed E-state index contributed by atoms with van der Waals surface area (Å²) in [5, 5.41) is 30.3. The molecule has 0 fully saturated rings. The smallest absolute Gasteiger partial charge is 0.305 e. The first kappa shape index (κ1) is 48.0. The minimum absolute atomic E-state index is 0.00702. The molecule has 17 nitrogen and oxygen atoms in total. The third kappa shape index (κ3) is 33.7. The number of aliphatic hydroxyl groups excluding tert-OH is 2. The Morgan fingerprint density at radius 1 is 0.404 bits per heavy atom. The van der Waals surface area contributed by atoms with Crippen LogP contribution in [0.5, 0.6) is 0 Å². The molecule has 0 bridgehead atoms. The number of aliphatic hydroxyl groups is 2. The normalized spacial score (nSPS) is 11.4. The van der Waals surface area contributed by atoms with E-state index in [1.807, 2.05) is 12.1 Å². The number of nitrogens with one attached hydrogen (secondary N) is 1. The third-order valence-electron chi connectivity index (χ3n) is 6.55. The molecule has 0 unspecified atom stereocenters. The van der Waals surface area contributed by atoms with Crippen molar-refractivity contribution in [3.63, 3.8) is 0 Å². The topological polar surface area (TPSA) is 201 Å². The Hall–Kier alpha value is -2.07. The molecule has 52 heavy (non-hydrogen) atoms. The molecule has 17 heteroatoms. The van der Waals surface area contributed by atoms with Crippen LogP contribution in [0, 0.1) is 0 Å². The Morgan fingerprint density at radius 2 is 0.654 bits per heavy atom. The van der Waals surface area contributed by atoms with Crippen molar-refractivity contribution in [1.82, 2.24) is 0 Å². The van der Waals surface area contributed by atoms with Crippen molar-refractivity contribution in [2.24, 2.45) is 0 Å². The van der Waals surface area contributed by atoms with E-state index in [9.17, 15) is 15.0 Å². The second-order valence-electron chi connectivity index (χ2n) is 10.8. The van der Waals surface area contributed by atoms with Crippen molar-refractivity contribution in [3.8, 4) is 0 Å². The summed E-state index contributed by atoms with van der Waals surface area (Å²) in [4.78, 5) is 10.3. The number of carbonyl (C=O) groups is 1. The van der Waals surface area contributed by atoms with Crippen molar-refractivity contribution in [1.29, 1.82) is 0 Å². The Morgan fingerprint density at radius 3 is 0.904 bits per heavy atom. The molecule has 0 amide bonds. The Balaban J connectivity index is 1.66. The van der Waals surface area contributed by atoms with Crippen LogP contribution < -0.4 is 5.32 Å². The molecule has 4 N–H and O–H groups in total. The maximum Gasteiger partial charge on any atom is 0.305 e. The van der Waals surface area contributed by atoms with Gasteiger partial charge in [-0.1, -0.05) is 6.07 Å². The first-order chi connectivity index (χ1) is 25.7. The standard InChI is InChI=1S/C35H63NO16/c37-30-32-27-33(31-38)29-34(28-32)36-2-4-42-6-8-44-10-12-46-14-16-48-18-20-50-22-24-52-26-25-51-23-21-49-19-17-47-15-13-45-11-9-43-7-5-41-3-1-35(39)40/h27-29,36-38H,1-26,30-31H2,(H,39,40). The van der Waals surface area contributed by atoms with E-state index in [0.717, 1.165) is 16.8 Å². The summed E-state index contributed by atoms with van der Waals surface area (Å²) in [6.07, 6.45) is -0.00702. The number of carboxylic acids is 1. The highest BCUT2D eigenvalue weighted by molar-refractivity contribution is 5.66. The lowest BCUT2D eigenvalue weighted by atomic mass is 10.1. The molecular formula is C35H63NO16. The summed E-state index contributed by atoms with van der Waals surface area (Å²) in [6, 6.07) is 5.46. The fourth-order valence-corrected chi connectivity index (χ4v) is 4.00. The number of rotatable bonds is 42. The molecule has 0 aliphatic carbocycles. The van der Waals surface area contributed by atoms with Crippen LogP contribution >= 0.6 is 0 Å². The zero-order valence-electron chi connectivity index (χ0n) is 30.7. The zero-order chi connectivity index (χ0) is 37.4. The molecule has 1 aromatic carbocycles. The zero-order valence-corrected chi connectivity index (χ0v) is 30.7. The van der Waals surface area contributed by atoms with E-state index in [2.05, 4.69) is 5.32 Å². The van der Waals surface area contributed by atoms with E-state index in [-0.39, 0.29) is 26.2 Å². The first-order valence-corrected chi connectivity index (χ1v) is 17.9. The van der Waals surface area contributed by atoms with E-state index in [1.165, 1.54) is 0 Å². The van der Waals surface area contributed by atoms with Crippen LogP contribution in [0.4, 0.5) is 5.69 Å². The van der Waals surface area contributed by atoms with E-state index in [0.29, 0.717) is 159 Å². The van der Waals surface area contributed by atoms with Gasteiger partial charge in [-0.2, -0.15) is 0 Å². The van der Waals surface area contributed by atoms with Crippen LogP contribution in [-0.2, 0) is 74.9 Å². The van der Waals surface area contributed by atoms with Gasteiger partial charge in [-0.3, -0.25) is 4.79 Å². The van der Waals surface area contributed by atoms with Gasteiger partial charge in [-0.15, -0.1) is 0 Å². The second kappa shape index (κ2) is 38.6. The average molecular weight is 754 g/mol. The molecule has 0 radical (unpaired) electrons. The second-order valence-corrected chi connectivity index (χ2v) is 10.8. The highest BCUT2D eigenvalue weighted by Gasteiger charge is 2.01. The number of ether oxygens (including phenoxy) is 12. The van der Waals surface area contributed by atoms with Gasteiger partial charge < -0.3 is 77.5 Å². The van der Waals surface area contributed by atoms with Crippen molar-refractivity contribution in [2.75, 3.05) is 170 Å². The van der Waals surface area contributed by atoms with Crippen molar-refractivity contribution >= 4 is 11.7 Å². The Labute approximate surface area is 307 Å². The Bertz CT molecular complexity index is 893. The summed E-state index contributed by atoms with van der Waals surface area (Å²) in [5.74, 6) is -0.878. The lowest BCUT2D eigenvalue weighted by molar-refractivity contribution is -0.138. The van der Waals surface area contributed by atoms with Crippen LogP contribution in [-0.4, -0.2) is 186 Å². The Kier molecular flexibility index (Phi) is 35.6. The SMILES string of the molecule is O=C(O)CCOCCOCCOCCOCCOCCOCCOCCOCCOCCOCCOCCOCCNc1cc(CO)cc(CO)c1. The fourth-order valence-electron chi connectivity index (χ4n) is 4.00. The summed E-state index contributed by atoms with van der Waals surface area (Å²) in [6.45, 7) is 11.4. The van der Waals surface area contributed by atoms with E-state index in [1.54, 1.807) is 6.07 Å². The number of hydrogen-bond donors (Lipinski definition) is 4. The molecule has 0 aliphatic rings. The van der Waals surface area contributed by atoms with Crippen LogP contribution in [0.25, 0.3) is 0 Å². The monoisotopic (exact) mass is 753 g/mol. The molecule has 304 valence electrons. The number of hydrogen-bond acceptors (Lipinski definition) is 16. The van der Waals surface area contributed by atoms with Gasteiger partial charge in [-0.05, 0) is 23.3 Å². The molecule has 0 saturated heterocycles. The quantitative estimate of drug-likeness (QED) is 0.0682. The van der Waals surface area contributed by atoms with Crippen LogP contribution in [0.3, 0.4) is 0 Å². The summed E-state index contributed by atoms with van der Waals surface area (Å²) in [5.41, 5.74) is 2.34. The predicted octanol–water partition coefficient (Wildman–Crippen LogP) is 0.757. The molecule has 1 aromatic rings. The highest BCUT2D eigenvalue weighted by atomic mass is 16.6. The number of anilines is 1. The molecule has 0 spiro atoms. The lowest BCUT2D eigenvalue weighted by Gasteiger charge is -2.11. The van der Waals surface area contributed by atoms with Gasteiger partial charge in [0.25, 0.3) is 0 Å². The molecule has 0 atom stereocenters. The molecule has 0 aromatic heterocycles. The maximum atomic E-state index is 10.3. The first-order valence-electron chi connectivity index (χ1n) is 17.9. The van der Waals surface area contributed by atoms with Crippen LogP contribution in [0.15, 0.2) is 18.2 Å². The van der Waals surface area contributed by atoms with Crippen molar-refractivity contribution in [3.05, 3.63) is 29.3 Å². The summed E-state index contributed by atoms with van der Waals surface area (Å²) >= 11 is 0. The van der Waals surface area contributed by atoms with Gasteiger partial charge in [-0.25, -0.2) is 0 Å². The highest BCUT2D eigenvalue weighted by Crippen LogP contribution is 2.15. The van der Waals surface area contributed by atoms with Gasteiger partial charge in [0, 0.05) is 12.2 Å². The van der Waals surface area contributed by atoms with Crippen LogP contribution in [0.1, 0.15) is 17.5 Å². The third-order valence-corrected chi connectivity index (χ3v) is 6.55. The van der Waals surface area contributed by atoms with Crippen molar-refractivity contribution < 1.29 is 77.0 Å². The summed E-state index contributed by atoms with van der Waals surface area (Å²) < 4.78 is 65.2. The lowest BCUT2D eigenvalue weighted by Crippen LogP contribution is -2.16. The van der Waals surface area contributed by atoms with Gasteiger partial charge in [0.2, 0.25) is 0 Å². The molecule has 0 heterocycles. The van der Waals surface area contributed by atoms with Crippen molar-refractivity contribution in [2.45, 2.75) is 19.6 Å². The molecule has 1 rings (SSSR count). The van der Waals surface area contributed by atoms with Gasteiger partial charge in [0.15, 0.2) is 0 Å². The minimum Gasteiger partial charge on any atom is -0.481 e. The van der Waals surface area contributed by atoms with E-state index in [4.69, 9.17) is 61.9 Å². The van der Waals surface area contributed by atoms with E-state index >= 15 is 0 Å². The largest absolute Gasteiger partial charge is 0.481 e. The fraction of sp³-hybridized carbons (Fsp3) is 0.800. The van der Waals surface area contributed by atoms with Gasteiger partial charge in [0.1, 0.15) is 0 Å². The van der Waals surface area contributed by atoms with Crippen LogP contribution in [0.2, 0.25) is 0 Å². The number of benzene rings is 1. The number of carboxylic acid groups (broad SMARTS) is 1. The summed E-state index contributed by atoms with van der Waals surface area (Å²) in [7, 11) is 0.